The second kappa shape index (κ2) is 6.68. The van der Waals surface area contributed by atoms with Crippen LogP contribution < -0.4 is 4.90 Å². The third kappa shape index (κ3) is 4.68. The highest BCUT2D eigenvalue weighted by Gasteiger charge is 1.97. The monoisotopic (exact) mass is 234 g/mol. The molecule has 0 saturated heterocycles. The van der Waals surface area contributed by atoms with Crippen LogP contribution in [0.1, 0.15) is 18.9 Å². The first-order valence-corrected chi connectivity index (χ1v) is 5.59. The molecule has 0 atom stereocenters. The van der Waals surface area contributed by atoms with Gasteiger partial charge in [0.15, 0.2) is 0 Å². The number of hydrogen-bond donors (Lipinski definition) is 0. The Bertz CT molecular complexity index is 383. The Morgan fingerprint density at radius 1 is 1.47 bits per heavy atom. The number of carbonyl (C=O) groups is 1. The minimum atomic E-state index is -0.207. The molecule has 0 spiro atoms. The molecule has 0 saturated carbocycles. The third-order valence-corrected chi connectivity index (χ3v) is 2.13. The second-order valence-corrected chi connectivity index (χ2v) is 3.76. The number of hydrogen-bond acceptors (Lipinski definition) is 4. The molecule has 0 fully saturated rings. The first-order chi connectivity index (χ1) is 8.13. The maximum atomic E-state index is 11.1. The minimum absolute atomic E-state index is 0.207. The lowest BCUT2D eigenvalue weighted by Crippen LogP contribution is -2.09. The van der Waals surface area contributed by atoms with Crippen LogP contribution in [0.15, 0.2) is 24.4 Å². The Hall–Kier alpha value is -1.84. The molecule has 17 heavy (non-hydrogen) atoms. The quantitative estimate of drug-likeness (QED) is 0.732. The average molecular weight is 234 g/mol. The first kappa shape index (κ1) is 13.2. The van der Waals surface area contributed by atoms with E-state index in [0.717, 1.165) is 11.4 Å². The number of esters is 1. The number of aromatic nitrogens is 1. The van der Waals surface area contributed by atoms with E-state index >= 15 is 0 Å². The van der Waals surface area contributed by atoms with Crippen molar-refractivity contribution in [1.29, 1.82) is 0 Å². The zero-order valence-corrected chi connectivity index (χ0v) is 10.5. The summed E-state index contributed by atoms with van der Waals surface area (Å²) in [6, 6.07) is 3.90. The molecule has 0 aliphatic heterocycles. The van der Waals surface area contributed by atoms with Gasteiger partial charge in [0.25, 0.3) is 0 Å². The summed E-state index contributed by atoms with van der Waals surface area (Å²) in [6.45, 7) is 2.22. The summed E-state index contributed by atoms with van der Waals surface area (Å²) in [7, 11) is 3.89. The molecule has 0 bridgehead atoms. The molecule has 0 radical (unpaired) electrons. The van der Waals surface area contributed by atoms with Gasteiger partial charge in [-0.3, -0.25) is 4.79 Å². The number of carbonyl (C=O) groups excluding carboxylic acids is 1. The molecule has 1 aromatic heterocycles. The molecule has 1 aromatic rings. The number of anilines is 1. The van der Waals surface area contributed by atoms with Crippen molar-refractivity contribution in [3.63, 3.8) is 0 Å². The van der Waals surface area contributed by atoms with Crippen molar-refractivity contribution in [2.45, 2.75) is 13.3 Å². The molecular weight excluding hydrogens is 216 g/mol. The van der Waals surface area contributed by atoms with Crippen LogP contribution in [0.3, 0.4) is 0 Å². The number of ether oxygens (including phenoxy) is 1. The van der Waals surface area contributed by atoms with Crippen molar-refractivity contribution in [2.75, 3.05) is 25.6 Å². The highest BCUT2D eigenvalue weighted by Crippen LogP contribution is 2.09. The van der Waals surface area contributed by atoms with E-state index in [1.54, 1.807) is 19.2 Å². The van der Waals surface area contributed by atoms with Gasteiger partial charge in [0.1, 0.15) is 5.82 Å². The van der Waals surface area contributed by atoms with E-state index in [-0.39, 0.29) is 5.97 Å². The number of nitrogens with zero attached hydrogens (tertiary/aromatic N) is 2. The molecule has 0 aliphatic rings. The third-order valence-electron chi connectivity index (χ3n) is 2.13. The Kier molecular flexibility index (Phi) is 5.20. The van der Waals surface area contributed by atoms with E-state index < -0.39 is 0 Å². The van der Waals surface area contributed by atoms with Crippen molar-refractivity contribution in [1.82, 2.24) is 4.98 Å². The van der Waals surface area contributed by atoms with Gasteiger partial charge in [0, 0.05) is 20.3 Å². The summed E-state index contributed by atoms with van der Waals surface area (Å²) < 4.78 is 4.82. The Morgan fingerprint density at radius 2 is 2.24 bits per heavy atom. The fraction of sp³-hybridized carbons (Fsp3) is 0.385. The molecule has 4 nitrogen and oxygen atoms in total. The van der Waals surface area contributed by atoms with Crippen molar-refractivity contribution in [3.05, 3.63) is 30.0 Å². The Labute approximate surface area is 102 Å². The smallest absolute Gasteiger partial charge is 0.309 e. The summed E-state index contributed by atoms with van der Waals surface area (Å²) in [5, 5.41) is 0. The van der Waals surface area contributed by atoms with Crippen LogP contribution in [-0.2, 0) is 9.53 Å². The molecule has 1 heterocycles. The van der Waals surface area contributed by atoms with E-state index in [1.165, 1.54) is 0 Å². The lowest BCUT2D eigenvalue weighted by molar-refractivity contribution is -0.142. The summed E-state index contributed by atoms with van der Waals surface area (Å²) >= 11 is 0. The lowest BCUT2D eigenvalue weighted by Gasteiger charge is -2.10. The zero-order chi connectivity index (χ0) is 12.7. The topological polar surface area (TPSA) is 42.4 Å². The molecule has 1 rings (SSSR count). The predicted octanol–water partition coefficient (Wildman–Crippen LogP) is 2.11. The first-order valence-electron chi connectivity index (χ1n) is 5.59. The molecule has 92 valence electrons. The average Bonchev–Trinajstić information content (AvgIpc) is 2.30. The summed E-state index contributed by atoms with van der Waals surface area (Å²) in [5.41, 5.74) is 0.972. The molecule has 0 aromatic carbocycles. The summed E-state index contributed by atoms with van der Waals surface area (Å²) in [6.07, 6.45) is 5.72. The highest BCUT2D eigenvalue weighted by molar-refractivity contribution is 5.72. The summed E-state index contributed by atoms with van der Waals surface area (Å²) in [4.78, 5) is 17.3. The standard InChI is InChI=1S/C13H18N2O2/c1-4-17-13(16)7-5-6-11-8-9-12(14-10-11)15(2)3/h5-6,8-10H,4,7H2,1-3H3. The Balaban J connectivity index is 2.51. The van der Waals surface area contributed by atoms with Gasteiger partial charge in [-0.2, -0.15) is 0 Å². The zero-order valence-electron chi connectivity index (χ0n) is 10.5. The number of pyridine rings is 1. The molecule has 0 N–H and O–H groups in total. The normalized spacial score (nSPS) is 10.5. The van der Waals surface area contributed by atoms with Crippen LogP contribution in [0.25, 0.3) is 6.08 Å². The van der Waals surface area contributed by atoms with Gasteiger partial charge >= 0.3 is 5.97 Å². The Morgan fingerprint density at radius 3 is 2.76 bits per heavy atom. The van der Waals surface area contributed by atoms with Crippen molar-refractivity contribution in [2.24, 2.45) is 0 Å². The van der Waals surface area contributed by atoms with Gasteiger partial charge in [0.05, 0.1) is 13.0 Å². The fourth-order valence-electron chi connectivity index (χ4n) is 1.27. The van der Waals surface area contributed by atoms with Gasteiger partial charge in [-0.15, -0.1) is 0 Å². The largest absolute Gasteiger partial charge is 0.466 e. The van der Waals surface area contributed by atoms with E-state index in [0.29, 0.717) is 13.0 Å². The molecular formula is C13H18N2O2. The van der Waals surface area contributed by atoms with Crippen molar-refractivity contribution in [3.8, 4) is 0 Å². The van der Waals surface area contributed by atoms with Crippen LogP contribution in [0.2, 0.25) is 0 Å². The SMILES string of the molecule is CCOC(=O)CC=Cc1ccc(N(C)C)nc1. The lowest BCUT2D eigenvalue weighted by atomic mass is 10.2. The van der Waals surface area contributed by atoms with Gasteiger partial charge < -0.3 is 9.64 Å². The molecule has 0 aliphatic carbocycles. The number of rotatable bonds is 5. The predicted molar refractivity (Wildman–Crippen MR) is 68.8 cm³/mol. The van der Waals surface area contributed by atoms with Crippen LogP contribution in [-0.4, -0.2) is 31.7 Å². The fourth-order valence-corrected chi connectivity index (χ4v) is 1.27. The van der Waals surface area contributed by atoms with E-state index in [9.17, 15) is 4.79 Å². The van der Waals surface area contributed by atoms with E-state index in [1.807, 2.05) is 37.2 Å². The second-order valence-electron chi connectivity index (χ2n) is 3.76. The summed E-state index contributed by atoms with van der Waals surface area (Å²) in [5.74, 6) is 0.703. The van der Waals surface area contributed by atoms with Crippen molar-refractivity contribution >= 4 is 17.9 Å². The van der Waals surface area contributed by atoms with Gasteiger partial charge in [-0.1, -0.05) is 12.2 Å². The van der Waals surface area contributed by atoms with Crippen LogP contribution in [0, 0.1) is 0 Å². The van der Waals surface area contributed by atoms with Crippen LogP contribution in [0.5, 0.6) is 0 Å². The van der Waals surface area contributed by atoms with Crippen LogP contribution in [0.4, 0.5) is 5.82 Å². The van der Waals surface area contributed by atoms with Gasteiger partial charge in [0.2, 0.25) is 0 Å². The van der Waals surface area contributed by atoms with E-state index in [2.05, 4.69) is 4.98 Å². The van der Waals surface area contributed by atoms with E-state index in [4.69, 9.17) is 4.74 Å². The highest BCUT2D eigenvalue weighted by atomic mass is 16.5. The minimum Gasteiger partial charge on any atom is -0.466 e. The maximum Gasteiger partial charge on any atom is 0.309 e. The van der Waals surface area contributed by atoms with Gasteiger partial charge in [-0.25, -0.2) is 4.98 Å². The molecule has 0 amide bonds. The molecule has 4 heteroatoms. The molecule has 0 unspecified atom stereocenters. The maximum absolute atomic E-state index is 11.1. The van der Waals surface area contributed by atoms with Gasteiger partial charge in [-0.05, 0) is 24.6 Å². The van der Waals surface area contributed by atoms with Crippen LogP contribution >= 0.6 is 0 Å². The van der Waals surface area contributed by atoms with Crippen molar-refractivity contribution < 1.29 is 9.53 Å².